The standard InChI is InChI=1S/C44H48F2N8O6/c1-43(45,46)36-8-4-7-31(48-36)39(56)49-33-17-27-22-53(51-32(27)18-35(33)60-2)28-11-9-25(10-12-28)21-52-23-44(24-52)19-26(20-44)15-16-47-30-6-3-5-29-38(30)42(59)54(41(29)58)34-13-14-37(55)50-40(34)57/h3-8,17-18,22,25-26,28,34,47H,9-16,19-21,23-24H2,1-2H3,(H,49,56)(H,50,55,57)/t25?,28?,34-/m0/s1. The van der Waals surface area contributed by atoms with Gasteiger partial charge in [0.05, 0.1) is 35.5 Å². The third-order valence-electron chi connectivity index (χ3n) is 13.1. The van der Waals surface area contributed by atoms with E-state index in [1.54, 1.807) is 30.3 Å². The van der Waals surface area contributed by atoms with Crippen LogP contribution in [-0.2, 0) is 15.5 Å². The van der Waals surface area contributed by atoms with Crippen molar-refractivity contribution in [2.24, 2.45) is 17.3 Å². The number of fused-ring (bicyclic) bond motifs is 2. The van der Waals surface area contributed by atoms with Crippen LogP contribution in [0.15, 0.2) is 54.7 Å². The maximum atomic E-state index is 13.8. The van der Waals surface area contributed by atoms with Crippen LogP contribution >= 0.6 is 0 Å². The topological polar surface area (TPSA) is 168 Å². The second kappa shape index (κ2) is 15.4. The van der Waals surface area contributed by atoms with Gasteiger partial charge in [-0.05, 0) is 98.9 Å². The molecule has 2 saturated carbocycles. The van der Waals surface area contributed by atoms with Crippen LogP contribution in [0.2, 0.25) is 0 Å². The monoisotopic (exact) mass is 822 g/mol. The number of halogens is 2. The van der Waals surface area contributed by atoms with E-state index in [2.05, 4.69) is 25.8 Å². The molecule has 5 aliphatic rings. The van der Waals surface area contributed by atoms with Crippen LogP contribution in [0.1, 0.15) is 108 Å². The van der Waals surface area contributed by atoms with Crippen LogP contribution < -0.4 is 20.7 Å². The second-order valence-corrected chi connectivity index (χ2v) is 17.5. The highest BCUT2D eigenvalue weighted by molar-refractivity contribution is 6.25. The minimum atomic E-state index is -3.17. The molecule has 5 heterocycles. The Bertz CT molecular complexity index is 2390. The summed E-state index contributed by atoms with van der Waals surface area (Å²) in [5, 5.41) is 14.1. The highest BCUT2D eigenvalue weighted by atomic mass is 19.3. The first-order valence-corrected chi connectivity index (χ1v) is 20.8. The predicted molar refractivity (Wildman–Crippen MR) is 217 cm³/mol. The minimum absolute atomic E-state index is 0.0843. The lowest BCUT2D eigenvalue weighted by Crippen LogP contribution is -2.63. The molecule has 2 aromatic heterocycles. The fourth-order valence-corrected chi connectivity index (χ4v) is 10.2. The lowest BCUT2D eigenvalue weighted by Gasteiger charge is -2.60. The van der Waals surface area contributed by atoms with Crippen molar-refractivity contribution >= 4 is 51.8 Å². The molecule has 314 valence electrons. The van der Waals surface area contributed by atoms with Crippen molar-refractivity contribution in [1.29, 1.82) is 0 Å². The maximum Gasteiger partial charge on any atom is 0.287 e. The first kappa shape index (κ1) is 39.7. The van der Waals surface area contributed by atoms with Crippen molar-refractivity contribution in [2.45, 2.75) is 82.7 Å². The van der Waals surface area contributed by atoms with Gasteiger partial charge in [0.25, 0.3) is 23.6 Å². The van der Waals surface area contributed by atoms with E-state index in [0.717, 1.165) is 74.5 Å². The normalized spacial score (nSPS) is 23.0. The molecular formula is C44H48F2N8O6. The van der Waals surface area contributed by atoms with E-state index in [9.17, 15) is 32.8 Å². The zero-order valence-corrected chi connectivity index (χ0v) is 33.6. The van der Waals surface area contributed by atoms with Crippen LogP contribution in [-0.4, -0.2) is 93.4 Å². The number of nitrogens with one attached hydrogen (secondary N) is 3. The number of piperidine rings is 1. The van der Waals surface area contributed by atoms with Gasteiger partial charge in [0.1, 0.15) is 23.2 Å². The Morgan fingerprint density at radius 1 is 0.967 bits per heavy atom. The van der Waals surface area contributed by atoms with Crippen molar-refractivity contribution in [3.63, 3.8) is 0 Å². The molecular weight excluding hydrogens is 775 g/mol. The van der Waals surface area contributed by atoms with E-state index in [1.807, 2.05) is 10.9 Å². The van der Waals surface area contributed by atoms with E-state index in [4.69, 9.17) is 9.84 Å². The maximum absolute atomic E-state index is 13.8. The molecule has 2 saturated heterocycles. The summed E-state index contributed by atoms with van der Waals surface area (Å²) in [5.41, 5.74) is 2.14. The van der Waals surface area contributed by atoms with Crippen LogP contribution in [0.4, 0.5) is 20.2 Å². The van der Waals surface area contributed by atoms with E-state index >= 15 is 0 Å². The molecule has 4 fully saturated rings. The molecule has 1 spiro atoms. The molecule has 0 radical (unpaired) electrons. The lowest BCUT2D eigenvalue weighted by atomic mass is 9.57. The first-order chi connectivity index (χ1) is 28.8. The molecule has 60 heavy (non-hydrogen) atoms. The Morgan fingerprint density at radius 2 is 1.73 bits per heavy atom. The van der Waals surface area contributed by atoms with Crippen molar-refractivity contribution < 1.29 is 37.5 Å². The largest absolute Gasteiger partial charge is 0.494 e. The van der Waals surface area contributed by atoms with Gasteiger partial charge in [-0.25, -0.2) is 4.98 Å². The Morgan fingerprint density at radius 3 is 2.47 bits per heavy atom. The number of aromatic nitrogens is 3. The zero-order chi connectivity index (χ0) is 41.9. The Labute approximate surface area is 345 Å². The zero-order valence-electron chi connectivity index (χ0n) is 33.6. The number of carbonyl (C=O) groups is 5. The number of alkyl halides is 2. The van der Waals surface area contributed by atoms with Gasteiger partial charge in [0.2, 0.25) is 11.8 Å². The number of methoxy groups -OCH3 is 1. The molecule has 9 rings (SSSR count). The molecule has 3 N–H and O–H groups in total. The molecule has 3 aliphatic heterocycles. The Kier molecular flexibility index (Phi) is 10.2. The van der Waals surface area contributed by atoms with Crippen molar-refractivity contribution in [2.75, 3.05) is 43.9 Å². The summed E-state index contributed by atoms with van der Waals surface area (Å²) in [5.74, 6) is -4.14. The van der Waals surface area contributed by atoms with Crippen LogP contribution in [0, 0.1) is 17.3 Å². The fraction of sp³-hybridized carbons (Fsp3) is 0.477. The summed E-state index contributed by atoms with van der Waals surface area (Å²) in [4.78, 5) is 71.2. The fourth-order valence-electron chi connectivity index (χ4n) is 10.2. The number of anilines is 2. The smallest absolute Gasteiger partial charge is 0.287 e. The second-order valence-electron chi connectivity index (χ2n) is 17.5. The van der Waals surface area contributed by atoms with E-state index in [1.165, 1.54) is 38.2 Å². The number of hydrogen-bond acceptors (Lipinski definition) is 10. The molecule has 5 amide bonds. The predicted octanol–water partition coefficient (Wildman–Crippen LogP) is 6.15. The van der Waals surface area contributed by atoms with E-state index in [0.29, 0.717) is 46.5 Å². The highest BCUT2D eigenvalue weighted by Gasteiger charge is 2.52. The van der Waals surface area contributed by atoms with Crippen LogP contribution in [0.3, 0.4) is 0 Å². The minimum Gasteiger partial charge on any atom is -0.494 e. The van der Waals surface area contributed by atoms with Crippen molar-refractivity contribution in [3.8, 4) is 5.75 Å². The third-order valence-corrected chi connectivity index (χ3v) is 13.1. The van der Waals surface area contributed by atoms with Crippen LogP contribution in [0.25, 0.3) is 10.9 Å². The number of imide groups is 2. The van der Waals surface area contributed by atoms with Gasteiger partial charge in [-0.15, -0.1) is 0 Å². The molecule has 14 nitrogen and oxygen atoms in total. The number of carbonyl (C=O) groups excluding carboxylic acids is 5. The molecule has 2 aromatic carbocycles. The number of likely N-dealkylation sites (tertiary alicyclic amines) is 1. The van der Waals surface area contributed by atoms with Gasteiger partial charge in [0, 0.05) is 62.9 Å². The Balaban J connectivity index is 0.719. The molecule has 0 unspecified atom stereocenters. The third kappa shape index (κ3) is 7.50. The van der Waals surface area contributed by atoms with Gasteiger partial charge < -0.3 is 20.3 Å². The average molecular weight is 823 g/mol. The van der Waals surface area contributed by atoms with Gasteiger partial charge in [-0.3, -0.25) is 38.9 Å². The summed E-state index contributed by atoms with van der Waals surface area (Å²) < 4.78 is 35.2. The number of nitrogens with zero attached hydrogens (tertiary/aromatic N) is 5. The summed E-state index contributed by atoms with van der Waals surface area (Å²) >= 11 is 0. The average Bonchev–Trinajstić information content (AvgIpc) is 3.73. The molecule has 16 heteroatoms. The highest BCUT2D eigenvalue weighted by Crippen LogP contribution is 2.53. The lowest BCUT2D eigenvalue weighted by molar-refractivity contribution is -0.136. The molecule has 0 bridgehead atoms. The van der Waals surface area contributed by atoms with E-state index < -0.39 is 47.2 Å². The van der Waals surface area contributed by atoms with Crippen LogP contribution in [0.5, 0.6) is 5.75 Å². The number of benzene rings is 2. The molecule has 2 aliphatic carbocycles. The number of ether oxygens (including phenoxy) is 1. The summed E-state index contributed by atoms with van der Waals surface area (Å²) in [6.07, 6.45) is 9.85. The van der Waals surface area contributed by atoms with Crippen molar-refractivity contribution in [3.05, 3.63) is 77.2 Å². The molecule has 1 atom stereocenters. The number of amides is 5. The SMILES string of the molecule is COc1cc2nn(C3CCC(CN4CC5(CC(CCNc6cccc7c6C(=O)N([C@H]6CCC(=O)NC6=O)C7=O)C5)C4)CC3)cc2cc1NC(=O)c1cccc(C(C)(F)F)n1. The number of pyridine rings is 1. The molecule has 4 aromatic rings. The first-order valence-electron chi connectivity index (χ1n) is 20.8. The van der Waals surface area contributed by atoms with Gasteiger partial charge >= 0.3 is 0 Å². The summed E-state index contributed by atoms with van der Waals surface area (Å²) in [7, 11) is 1.50. The summed E-state index contributed by atoms with van der Waals surface area (Å²) in [6.45, 7) is 4.80. The quantitative estimate of drug-likeness (QED) is 0.141. The number of hydrogen-bond donors (Lipinski definition) is 3. The summed E-state index contributed by atoms with van der Waals surface area (Å²) in [6, 6.07) is 12.0. The number of rotatable bonds is 12. The van der Waals surface area contributed by atoms with E-state index in [-0.39, 0.29) is 30.1 Å². The van der Waals surface area contributed by atoms with Gasteiger partial charge in [0.15, 0.2) is 0 Å². The van der Waals surface area contributed by atoms with Gasteiger partial charge in [-0.2, -0.15) is 13.9 Å². The van der Waals surface area contributed by atoms with Gasteiger partial charge in [-0.1, -0.05) is 12.1 Å². The van der Waals surface area contributed by atoms with Crippen molar-refractivity contribution in [1.82, 2.24) is 29.9 Å². The Hall–Kier alpha value is -5.77.